The van der Waals surface area contributed by atoms with Crippen molar-refractivity contribution < 1.29 is 19.1 Å². The van der Waals surface area contributed by atoms with Gasteiger partial charge in [-0.05, 0) is 56.3 Å². The van der Waals surface area contributed by atoms with Gasteiger partial charge in [-0.15, -0.1) is 11.3 Å². The van der Waals surface area contributed by atoms with Crippen LogP contribution in [0.4, 0.5) is 27.3 Å². The van der Waals surface area contributed by atoms with Gasteiger partial charge in [0.25, 0.3) is 5.91 Å². The van der Waals surface area contributed by atoms with E-state index in [9.17, 15) is 19.1 Å². The largest absolute Gasteiger partial charge is 0.387 e. The molecule has 0 aliphatic heterocycles. The molecule has 2 amide bonds. The highest BCUT2D eigenvalue weighted by molar-refractivity contribution is 7.16. The number of rotatable bonds is 9. The molecule has 0 bridgehead atoms. The third kappa shape index (κ3) is 5.93. The lowest BCUT2D eigenvalue weighted by Gasteiger charge is -2.22. The Morgan fingerprint density at radius 1 is 1.08 bits per heavy atom. The number of nitrogens with two attached hydrogens (primary N) is 1. The number of alkyl halides is 1. The molecule has 4 rings (SSSR count). The summed E-state index contributed by atoms with van der Waals surface area (Å²) >= 11 is 1.52. The van der Waals surface area contributed by atoms with Crippen LogP contribution >= 0.6 is 11.3 Å². The van der Waals surface area contributed by atoms with Crippen molar-refractivity contribution in [2.45, 2.75) is 25.6 Å². The molecule has 2 aromatic heterocycles. The first-order valence-corrected chi connectivity index (χ1v) is 11.9. The first kappa shape index (κ1) is 25.0. The Morgan fingerprint density at radius 2 is 1.81 bits per heavy atom. The first-order valence-electron chi connectivity index (χ1n) is 11.0. The summed E-state index contributed by atoms with van der Waals surface area (Å²) in [6, 6.07) is 13.8. The average Bonchev–Trinajstić information content (AvgIpc) is 3.30. The molecule has 0 saturated heterocycles. The number of halogens is 1. The summed E-state index contributed by atoms with van der Waals surface area (Å²) in [5, 5.41) is 18.7. The van der Waals surface area contributed by atoms with Crippen LogP contribution in [-0.4, -0.2) is 45.2 Å². The minimum Gasteiger partial charge on any atom is -0.387 e. The number of amides is 2. The van der Waals surface area contributed by atoms with Crippen molar-refractivity contribution >= 4 is 56.2 Å². The number of nitrogens with zero attached hydrogens (tertiary/aromatic N) is 2. The number of anilines is 4. The number of aromatic nitrogens is 2. The van der Waals surface area contributed by atoms with Crippen LogP contribution in [-0.2, 0) is 0 Å². The van der Waals surface area contributed by atoms with E-state index in [1.807, 2.05) is 18.2 Å². The van der Waals surface area contributed by atoms with E-state index in [1.165, 1.54) is 31.4 Å². The van der Waals surface area contributed by atoms with Crippen LogP contribution in [0.2, 0.25) is 0 Å². The number of thiazole rings is 1. The summed E-state index contributed by atoms with van der Waals surface area (Å²) in [5.41, 5.74) is 8.67. The Bertz CT molecular complexity index is 1400. The van der Waals surface area contributed by atoms with E-state index in [4.69, 9.17) is 5.73 Å². The molecule has 1 unspecified atom stereocenters. The minimum absolute atomic E-state index is 0.167. The first-order chi connectivity index (χ1) is 17.1. The number of hydrogen-bond donors (Lipinski definition) is 5. The minimum atomic E-state index is -1.66. The fourth-order valence-electron chi connectivity index (χ4n) is 3.29. The predicted octanol–water partition coefficient (Wildman–Crippen LogP) is 4.12. The van der Waals surface area contributed by atoms with Gasteiger partial charge in [0.05, 0.1) is 39.1 Å². The van der Waals surface area contributed by atoms with E-state index in [0.717, 1.165) is 15.9 Å². The molecule has 0 radical (unpaired) electrons. The second kappa shape index (κ2) is 10.3. The molecule has 0 saturated carbocycles. The monoisotopic (exact) mass is 508 g/mol. The van der Waals surface area contributed by atoms with Gasteiger partial charge in [0, 0.05) is 29.2 Å². The SMILES string of the molecule is CC(C)(O)C(F)CNC(=O)c1cnc(Nc2ccc3ncsc3c2)cc1Nc1ccc(C(N)=O)cc1. The van der Waals surface area contributed by atoms with E-state index >= 15 is 0 Å². The fourth-order valence-corrected chi connectivity index (χ4v) is 4.01. The highest BCUT2D eigenvalue weighted by atomic mass is 32.1. The van der Waals surface area contributed by atoms with Gasteiger partial charge in [0.2, 0.25) is 5.91 Å². The van der Waals surface area contributed by atoms with E-state index < -0.39 is 23.6 Å². The van der Waals surface area contributed by atoms with E-state index in [1.54, 1.807) is 35.8 Å². The summed E-state index contributed by atoms with van der Waals surface area (Å²) in [6.45, 7) is 2.29. The summed E-state index contributed by atoms with van der Waals surface area (Å²) in [4.78, 5) is 32.9. The molecule has 0 spiro atoms. The molecule has 6 N–H and O–H groups in total. The number of hydrogen-bond acceptors (Lipinski definition) is 8. The molecule has 9 nitrogen and oxygen atoms in total. The molecular weight excluding hydrogens is 483 g/mol. The lowest BCUT2D eigenvalue weighted by Crippen LogP contribution is -2.42. The normalized spacial score (nSPS) is 12.2. The van der Waals surface area contributed by atoms with Crippen molar-refractivity contribution in [2.75, 3.05) is 17.2 Å². The van der Waals surface area contributed by atoms with Crippen LogP contribution in [0.15, 0.2) is 60.2 Å². The molecule has 0 aliphatic rings. The third-order valence-electron chi connectivity index (χ3n) is 5.41. The maximum atomic E-state index is 14.2. The zero-order valence-corrected chi connectivity index (χ0v) is 20.4. The number of pyridine rings is 1. The number of primary amides is 1. The molecule has 4 aromatic rings. The van der Waals surface area contributed by atoms with E-state index in [2.05, 4.69) is 25.9 Å². The molecule has 0 fully saturated rings. The second-order valence-corrected chi connectivity index (χ2v) is 9.56. The molecular formula is C25H25FN6O3S. The van der Waals surface area contributed by atoms with Crippen molar-refractivity contribution in [3.8, 4) is 0 Å². The van der Waals surface area contributed by atoms with Crippen LogP contribution in [0.25, 0.3) is 10.2 Å². The predicted molar refractivity (Wildman–Crippen MR) is 139 cm³/mol. The Balaban J connectivity index is 1.61. The Morgan fingerprint density at radius 3 is 2.50 bits per heavy atom. The van der Waals surface area contributed by atoms with Gasteiger partial charge in [0.15, 0.2) is 0 Å². The number of nitrogens with one attached hydrogen (secondary N) is 3. The zero-order chi connectivity index (χ0) is 25.9. The third-order valence-corrected chi connectivity index (χ3v) is 6.20. The number of fused-ring (bicyclic) bond motifs is 1. The van der Waals surface area contributed by atoms with Gasteiger partial charge >= 0.3 is 0 Å². The van der Waals surface area contributed by atoms with Crippen molar-refractivity contribution in [2.24, 2.45) is 5.73 Å². The fraction of sp³-hybridized carbons (Fsp3) is 0.200. The van der Waals surface area contributed by atoms with Gasteiger partial charge in [-0.25, -0.2) is 14.4 Å². The quantitative estimate of drug-likeness (QED) is 0.229. The maximum absolute atomic E-state index is 14.2. The Kier molecular flexibility index (Phi) is 7.13. The van der Waals surface area contributed by atoms with Crippen LogP contribution in [0.3, 0.4) is 0 Å². The van der Waals surface area contributed by atoms with Crippen LogP contribution in [0, 0.1) is 0 Å². The average molecular weight is 509 g/mol. The molecule has 36 heavy (non-hydrogen) atoms. The molecule has 2 aromatic carbocycles. The highest BCUT2D eigenvalue weighted by Crippen LogP contribution is 2.28. The van der Waals surface area contributed by atoms with Crippen molar-refractivity contribution in [3.63, 3.8) is 0 Å². The van der Waals surface area contributed by atoms with Crippen LogP contribution in [0.5, 0.6) is 0 Å². The van der Waals surface area contributed by atoms with Crippen molar-refractivity contribution in [3.05, 3.63) is 71.4 Å². The maximum Gasteiger partial charge on any atom is 0.255 e. The van der Waals surface area contributed by atoms with E-state index in [0.29, 0.717) is 22.8 Å². The Hall–Kier alpha value is -4.09. The Labute approximate surface area is 210 Å². The number of carbonyl (C=O) groups is 2. The standard InChI is InChI=1S/C25H25FN6O3S/c1-25(2,35)21(26)12-29-24(34)17-11-28-22(32-16-7-8-18-20(9-16)36-13-30-18)10-19(17)31-15-5-3-14(4-6-15)23(27)33/h3-11,13,21,35H,12H2,1-2H3,(H2,27,33)(H,29,34)(H2,28,31,32). The van der Waals surface area contributed by atoms with Gasteiger partial charge in [0.1, 0.15) is 12.0 Å². The number of benzene rings is 2. The van der Waals surface area contributed by atoms with Crippen molar-refractivity contribution in [1.29, 1.82) is 0 Å². The lowest BCUT2D eigenvalue weighted by atomic mass is 10.0. The lowest BCUT2D eigenvalue weighted by molar-refractivity contribution is -0.00177. The number of carbonyl (C=O) groups excluding carboxylic acids is 2. The van der Waals surface area contributed by atoms with Gasteiger partial charge in [-0.1, -0.05) is 0 Å². The summed E-state index contributed by atoms with van der Waals surface area (Å²) in [7, 11) is 0. The molecule has 1 atom stereocenters. The van der Waals surface area contributed by atoms with Crippen molar-refractivity contribution in [1.82, 2.24) is 15.3 Å². The zero-order valence-electron chi connectivity index (χ0n) is 19.6. The van der Waals surface area contributed by atoms with Gasteiger partial charge in [-0.2, -0.15) is 0 Å². The highest BCUT2D eigenvalue weighted by Gasteiger charge is 2.27. The number of aliphatic hydroxyl groups is 1. The molecule has 11 heteroatoms. The van der Waals surface area contributed by atoms with Crippen LogP contribution in [0.1, 0.15) is 34.6 Å². The summed E-state index contributed by atoms with van der Waals surface area (Å²) in [6.07, 6.45) is -0.282. The smallest absolute Gasteiger partial charge is 0.255 e. The van der Waals surface area contributed by atoms with Gasteiger partial charge < -0.3 is 26.8 Å². The topological polar surface area (TPSA) is 142 Å². The van der Waals surface area contributed by atoms with E-state index in [-0.39, 0.29) is 12.1 Å². The van der Waals surface area contributed by atoms with Crippen LogP contribution < -0.4 is 21.7 Å². The molecule has 186 valence electrons. The second-order valence-electron chi connectivity index (χ2n) is 8.67. The van der Waals surface area contributed by atoms with Gasteiger partial charge in [-0.3, -0.25) is 9.59 Å². The summed E-state index contributed by atoms with van der Waals surface area (Å²) < 4.78 is 15.2. The molecule has 0 aliphatic carbocycles. The summed E-state index contributed by atoms with van der Waals surface area (Å²) in [5.74, 6) is -0.655. The molecule has 2 heterocycles.